The van der Waals surface area contributed by atoms with Gasteiger partial charge in [0, 0.05) is 38.5 Å². The van der Waals surface area contributed by atoms with Crippen LogP contribution in [-0.2, 0) is 15.9 Å². The van der Waals surface area contributed by atoms with Gasteiger partial charge < -0.3 is 24.4 Å². The van der Waals surface area contributed by atoms with Crippen molar-refractivity contribution in [2.45, 2.75) is 32.0 Å². The Labute approximate surface area is 166 Å². The van der Waals surface area contributed by atoms with Crippen molar-refractivity contribution in [3.63, 3.8) is 0 Å². The fourth-order valence-electron chi connectivity index (χ4n) is 3.90. The molecule has 150 valence electrons. The molecule has 2 aliphatic heterocycles. The molecule has 0 atom stereocenters. The Morgan fingerprint density at radius 1 is 1.14 bits per heavy atom. The molecular formula is C21H28N4O3. The van der Waals surface area contributed by atoms with E-state index in [1.807, 2.05) is 31.2 Å². The van der Waals surface area contributed by atoms with Crippen LogP contribution < -0.4 is 15.0 Å². The second-order valence-corrected chi connectivity index (χ2v) is 7.24. The lowest BCUT2D eigenvalue weighted by molar-refractivity contribution is -0.169. The summed E-state index contributed by atoms with van der Waals surface area (Å²) in [5.74, 6) is 3.13. The number of benzene rings is 1. The summed E-state index contributed by atoms with van der Waals surface area (Å²) in [5.41, 5.74) is 1.18. The molecule has 0 amide bonds. The van der Waals surface area contributed by atoms with Gasteiger partial charge in [0.2, 0.25) is 0 Å². The molecule has 1 aromatic carbocycles. The zero-order valence-corrected chi connectivity index (χ0v) is 16.6. The molecule has 2 fully saturated rings. The monoisotopic (exact) mass is 384 g/mol. The second-order valence-electron chi connectivity index (χ2n) is 7.24. The maximum atomic E-state index is 5.82. The number of hydrogen-bond acceptors (Lipinski definition) is 7. The van der Waals surface area contributed by atoms with Crippen LogP contribution in [0.2, 0.25) is 0 Å². The number of methoxy groups -OCH3 is 1. The van der Waals surface area contributed by atoms with Gasteiger partial charge in [-0.05, 0) is 25.0 Å². The van der Waals surface area contributed by atoms with E-state index in [-0.39, 0.29) is 5.79 Å². The first kappa shape index (κ1) is 19.0. The van der Waals surface area contributed by atoms with E-state index in [4.69, 9.17) is 14.2 Å². The lowest BCUT2D eigenvalue weighted by Crippen LogP contribution is -2.45. The van der Waals surface area contributed by atoms with Crippen molar-refractivity contribution in [1.82, 2.24) is 9.97 Å². The van der Waals surface area contributed by atoms with Crippen LogP contribution in [0.5, 0.6) is 5.75 Å². The molecule has 2 aromatic rings. The lowest BCUT2D eigenvalue weighted by atomic mass is 10.0. The van der Waals surface area contributed by atoms with E-state index >= 15 is 0 Å². The minimum Gasteiger partial charge on any atom is -0.496 e. The molecule has 0 radical (unpaired) electrons. The average Bonchev–Trinajstić information content (AvgIpc) is 3.16. The molecule has 1 N–H and O–H groups in total. The molecule has 4 rings (SSSR count). The van der Waals surface area contributed by atoms with E-state index in [0.29, 0.717) is 13.2 Å². The fourth-order valence-corrected chi connectivity index (χ4v) is 3.90. The summed E-state index contributed by atoms with van der Waals surface area (Å²) in [6.07, 6.45) is 2.60. The third kappa shape index (κ3) is 4.20. The Morgan fingerprint density at radius 2 is 1.89 bits per heavy atom. The molecule has 0 bridgehead atoms. The predicted octanol–water partition coefficient (Wildman–Crippen LogP) is 2.79. The van der Waals surface area contributed by atoms with Gasteiger partial charge in [0.25, 0.3) is 0 Å². The van der Waals surface area contributed by atoms with Crippen LogP contribution in [-0.4, -0.2) is 55.7 Å². The van der Waals surface area contributed by atoms with Gasteiger partial charge in [-0.3, -0.25) is 0 Å². The smallest absolute Gasteiger partial charge is 0.171 e. The van der Waals surface area contributed by atoms with Crippen molar-refractivity contribution < 1.29 is 14.2 Å². The van der Waals surface area contributed by atoms with Gasteiger partial charge in [-0.25, -0.2) is 9.97 Å². The highest BCUT2D eigenvalue weighted by atomic mass is 16.7. The summed E-state index contributed by atoms with van der Waals surface area (Å²) >= 11 is 0. The molecule has 3 heterocycles. The van der Waals surface area contributed by atoms with Crippen LogP contribution in [0.1, 0.15) is 24.2 Å². The quantitative estimate of drug-likeness (QED) is 0.821. The number of aryl methyl sites for hydroxylation is 1. The number of hydrogen-bond donors (Lipinski definition) is 1. The molecule has 28 heavy (non-hydrogen) atoms. The molecule has 7 nitrogen and oxygen atoms in total. The topological polar surface area (TPSA) is 68.7 Å². The summed E-state index contributed by atoms with van der Waals surface area (Å²) in [6.45, 7) is 5.86. The molecule has 1 aromatic heterocycles. The zero-order chi connectivity index (χ0) is 19.4. The van der Waals surface area contributed by atoms with Crippen LogP contribution in [0.15, 0.2) is 30.3 Å². The van der Waals surface area contributed by atoms with E-state index in [1.54, 1.807) is 7.11 Å². The van der Waals surface area contributed by atoms with Gasteiger partial charge >= 0.3 is 0 Å². The Hall–Kier alpha value is -2.38. The minimum atomic E-state index is -0.367. The standard InChI is InChI=1S/C21H28N4O3/c1-16-23-19(22-10-7-17-5-3-4-6-18(17)26-2)15-20(24-16)25-11-8-21(9-12-25)27-13-14-28-21/h3-6,15H,7-14H2,1-2H3,(H,22,23,24). The number of aromatic nitrogens is 2. The number of para-hydroxylation sites is 1. The maximum Gasteiger partial charge on any atom is 0.171 e. The third-order valence-electron chi connectivity index (χ3n) is 5.38. The van der Waals surface area contributed by atoms with E-state index in [1.165, 1.54) is 5.56 Å². The largest absolute Gasteiger partial charge is 0.496 e. The highest BCUT2D eigenvalue weighted by molar-refractivity contribution is 5.50. The van der Waals surface area contributed by atoms with E-state index in [2.05, 4.69) is 26.3 Å². The number of anilines is 2. The first-order valence-electron chi connectivity index (χ1n) is 9.92. The van der Waals surface area contributed by atoms with Gasteiger partial charge in [0.15, 0.2) is 5.79 Å². The number of rotatable bonds is 6. The molecular weight excluding hydrogens is 356 g/mol. The zero-order valence-electron chi connectivity index (χ0n) is 16.6. The van der Waals surface area contributed by atoms with Crippen LogP contribution >= 0.6 is 0 Å². The van der Waals surface area contributed by atoms with Crippen LogP contribution in [0, 0.1) is 6.92 Å². The van der Waals surface area contributed by atoms with E-state index in [9.17, 15) is 0 Å². The molecule has 0 aliphatic carbocycles. The average molecular weight is 384 g/mol. The highest BCUT2D eigenvalue weighted by Gasteiger charge is 2.40. The Bertz CT molecular complexity index is 798. The van der Waals surface area contributed by atoms with Crippen LogP contribution in [0.25, 0.3) is 0 Å². The summed E-state index contributed by atoms with van der Waals surface area (Å²) in [7, 11) is 1.71. The lowest BCUT2D eigenvalue weighted by Gasteiger charge is -2.38. The number of ether oxygens (including phenoxy) is 3. The highest BCUT2D eigenvalue weighted by Crippen LogP contribution is 2.33. The SMILES string of the molecule is COc1ccccc1CCNc1cc(N2CCC3(CC2)OCCO3)nc(C)n1. The predicted molar refractivity (Wildman–Crippen MR) is 108 cm³/mol. The van der Waals surface area contributed by atoms with Gasteiger partial charge in [0.05, 0.1) is 20.3 Å². The summed E-state index contributed by atoms with van der Waals surface area (Å²) < 4.78 is 17.1. The normalized spacial score (nSPS) is 18.4. The molecule has 2 aliphatic rings. The van der Waals surface area contributed by atoms with Crippen molar-refractivity contribution in [3.8, 4) is 5.75 Å². The van der Waals surface area contributed by atoms with Crippen molar-refractivity contribution in [3.05, 3.63) is 41.7 Å². The Morgan fingerprint density at radius 3 is 2.64 bits per heavy atom. The molecule has 1 spiro atoms. The maximum absolute atomic E-state index is 5.82. The van der Waals surface area contributed by atoms with Gasteiger partial charge in [-0.2, -0.15) is 0 Å². The van der Waals surface area contributed by atoms with Gasteiger partial charge in [0.1, 0.15) is 23.2 Å². The number of piperidine rings is 1. The first-order chi connectivity index (χ1) is 13.7. The van der Waals surface area contributed by atoms with Crippen molar-refractivity contribution >= 4 is 11.6 Å². The Balaban J connectivity index is 1.37. The number of nitrogens with zero attached hydrogens (tertiary/aromatic N) is 3. The van der Waals surface area contributed by atoms with Crippen molar-refractivity contribution in [1.29, 1.82) is 0 Å². The van der Waals surface area contributed by atoms with Crippen LogP contribution in [0.3, 0.4) is 0 Å². The minimum absolute atomic E-state index is 0.367. The summed E-state index contributed by atoms with van der Waals surface area (Å²) in [5, 5.41) is 3.43. The fraction of sp³-hybridized carbons (Fsp3) is 0.524. The summed E-state index contributed by atoms with van der Waals surface area (Å²) in [4.78, 5) is 11.5. The number of nitrogens with one attached hydrogen (secondary N) is 1. The van der Waals surface area contributed by atoms with Crippen molar-refractivity contribution in [2.24, 2.45) is 0 Å². The first-order valence-corrected chi connectivity index (χ1v) is 9.92. The van der Waals surface area contributed by atoms with Crippen molar-refractivity contribution in [2.75, 3.05) is 50.2 Å². The van der Waals surface area contributed by atoms with Crippen LogP contribution in [0.4, 0.5) is 11.6 Å². The third-order valence-corrected chi connectivity index (χ3v) is 5.38. The molecule has 0 saturated carbocycles. The molecule has 7 heteroatoms. The van der Waals surface area contributed by atoms with Gasteiger partial charge in [-0.15, -0.1) is 0 Å². The molecule has 2 saturated heterocycles. The molecule has 0 unspecified atom stereocenters. The van der Waals surface area contributed by atoms with E-state index in [0.717, 1.165) is 62.1 Å². The van der Waals surface area contributed by atoms with E-state index < -0.39 is 0 Å². The second kappa shape index (κ2) is 8.32. The van der Waals surface area contributed by atoms with Gasteiger partial charge in [-0.1, -0.05) is 18.2 Å². The Kier molecular flexibility index (Phi) is 5.64. The summed E-state index contributed by atoms with van der Waals surface area (Å²) in [6, 6.07) is 10.1.